The van der Waals surface area contributed by atoms with Crippen molar-refractivity contribution >= 4 is 11.6 Å². The van der Waals surface area contributed by atoms with Crippen LogP contribution in [0.1, 0.15) is 31.1 Å². The van der Waals surface area contributed by atoms with Gasteiger partial charge in [0.05, 0.1) is 0 Å². The standard InChI is InChI=1S/C11H16N2O/c1-4-13(5-2)11-7-6-10(8-12-11)9(3)14/h6-8H,4-5H2,1-3H3. The lowest BCUT2D eigenvalue weighted by atomic mass is 10.2. The molecule has 3 nitrogen and oxygen atoms in total. The predicted molar refractivity (Wildman–Crippen MR) is 57.8 cm³/mol. The number of carbonyl (C=O) groups excluding carboxylic acids is 1. The molecule has 0 amide bonds. The molecule has 0 spiro atoms. The first-order valence-electron chi connectivity index (χ1n) is 4.91. The average Bonchev–Trinajstić information content (AvgIpc) is 2.20. The summed E-state index contributed by atoms with van der Waals surface area (Å²) in [6, 6.07) is 3.72. The van der Waals surface area contributed by atoms with Crippen LogP contribution in [0.3, 0.4) is 0 Å². The van der Waals surface area contributed by atoms with Gasteiger partial charge >= 0.3 is 0 Å². The summed E-state index contributed by atoms with van der Waals surface area (Å²) in [5, 5.41) is 0. The molecule has 0 aliphatic rings. The molecule has 0 radical (unpaired) electrons. The molecule has 0 N–H and O–H groups in total. The van der Waals surface area contributed by atoms with Gasteiger partial charge in [0.15, 0.2) is 5.78 Å². The Morgan fingerprint density at radius 2 is 2.00 bits per heavy atom. The van der Waals surface area contributed by atoms with Crippen molar-refractivity contribution in [2.75, 3.05) is 18.0 Å². The van der Waals surface area contributed by atoms with Gasteiger partial charge in [-0.25, -0.2) is 4.98 Å². The maximum atomic E-state index is 11.0. The normalized spacial score (nSPS) is 9.93. The summed E-state index contributed by atoms with van der Waals surface area (Å²) >= 11 is 0. The van der Waals surface area contributed by atoms with E-state index in [4.69, 9.17) is 0 Å². The van der Waals surface area contributed by atoms with Crippen LogP contribution in [0.2, 0.25) is 0 Å². The van der Waals surface area contributed by atoms with Gasteiger partial charge in [0, 0.05) is 24.8 Å². The largest absolute Gasteiger partial charge is 0.357 e. The van der Waals surface area contributed by atoms with E-state index in [2.05, 4.69) is 23.7 Å². The molecule has 0 unspecified atom stereocenters. The molecule has 1 aromatic heterocycles. The van der Waals surface area contributed by atoms with Gasteiger partial charge < -0.3 is 4.90 Å². The summed E-state index contributed by atoms with van der Waals surface area (Å²) in [4.78, 5) is 17.4. The molecule has 3 heteroatoms. The monoisotopic (exact) mass is 192 g/mol. The van der Waals surface area contributed by atoms with Gasteiger partial charge in [-0.15, -0.1) is 0 Å². The Labute approximate surface area is 84.8 Å². The molecule has 0 aromatic carbocycles. The van der Waals surface area contributed by atoms with E-state index >= 15 is 0 Å². The quantitative estimate of drug-likeness (QED) is 0.685. The Hall–Kier alpha value is -1.38. The van der Waals surface area contributed by atoms with Crippen LogP contribution in [0.4, 0.5) is 5.82 Å². The fourth-order valence-electron chi connectivity index (χ4n) is 1.33. The van der Waals surface area contributed by atoms with Crippen LogP contribution >= 0.6 is 0 Å². The van der Waals surface area contributed by atoms with E-state index in [1.165, 1.54) is 0 Å². The first kappa shape index (κ1) is 10.7. The summed E-state index contributed by atoms with van der Waals surface area (Å²) in [7, 11) is 0. The summed E-state index contributed by atoms with van der Waals surface area (Å²) in [5.41, 5.74) is 0.668. The van der Waals surface area contributed by atoms with Gasteiger partial charge in [-0.3, -0.25) is 4.79 Å². The van der Waals surface area contributed by atoms with Gasteiger partial charge in [-0.2, -0.15) is 0 Å². The van der Waals surface area contributed by atoms with E-state index in [1.54, 1.807) is 13.1 Å². The Kier molecular flexibility index (Phi) is 3.63. The minimum Gasteiger partial charge on any atom is -0.357 e. The Bertz CT molecular complexity index is 302. The van der Waals surface area contributed by atoms with Gasteiger partial charge in [-0.1, -0.05) is 0 Å². The summed E-state index contributed by atoms with van der Waals surface area (Å²) in [6.07, 6.45) is 1.63. The molecule has 0 atom stereocenters. The van der Waals surface area contributed by atoms with Gasteiger partial charge in [0.2, 0.25) is 0 Å². The predicted octanol–water partition coefficient (Wildman–Crippen LogP) is 2.13. The second kappa shape index (κ2) is 4.74. The van der Waals surface area contributed by atoms with E-state index in [0.29, 0.717) is 5.56 Å². The molecule has 76 valence electrons. The molecule has 0 aliphatic carbocycles. The number of anilines is 1. The van der Waals surface area contributed by atoms with Crippen molar-refractivity contribution in [2.45, 2.75) is 20.8 Å². The minimum atomic E-state index is 0.0589. The fraction of sp³-hybridized carbons (Fsp3) is 0.455. The highest BCUT2D eigenvalue weighted by molar-refractivity contribution is 5.93. The fourth-order valence-corrected chi connectivity index (χ4v) is 1.33. The lowest BCUT2D eigenvalue weighted by molar-refractivity contribution is 0.101. The van der Waals surface area contributed by atoms with Crippen LogP contribution in [0.5, 0.6) is 0 Å². The van der Waals surface area contributed by atoms with Crippen LogP contribution in [-0.4, -0.2) is 23.9 Å². The van der Waals surface area contributed by atoms with Crippen LogP contribution in [0.15, 0.2) is 18.3 Å². The third-order valence-electron chi connectivity index (χ3n) is 2.24. The third-order valence-corrected chi connectivity index (χ3v) is 2.24. The molecule has 0 aliphatic heterocycles. The van der Waals surface area contributed by atoms with Crippen molar-refractivity contribution in [3.63, 3.8) is 0 Å². The number of pyridine rings is 1. The molecular formula is C11H16N2O. The van der Waals surface area contributed by atoms with E-state index in [-0.39, 0.29) is 5.78 Å². The summed E-state index contributed by atoms with van der Waals surface area (Å²) in [5.74, 6) is 0.989. The molecule has 0 bridgehead atoms. The Morgan fingerprint density at radius 3 is 2.36 bits per heavy atom. The van der Waals surface area contributed by atoms with Crippen molar-refractivity contribution in [2.24, 2.45) is 0 Å². The van der Waals surface area contributed by atoms with E-state index in [9.17, 15) is 4.79 Å². The molecular weight excluding hydrogens is 176 g/mol. The first-order valence-corrected chi connectivity index (χ1v) is 4.91. The zero-order valence-corrected chi connectivity index (χ0v) is 8.95. The molecule has 0 fully saturated rings. The van der Waals surface area contributed by atoms with Crippen molar-refractivity contribution in [1.82, 2.24) is 4.98 Å². The maximum absolute atomic E-state index is 11.0. The Balaban J connectivity index is 2.87. The van der Waals surface area contributed by atoms with Crippen molar-refractivity contribution in [1.29, 1.82) is 0 Å². The molecule has 1 aromatic rings. The zero-order chi connectivity index (χ0) is 10.6. The Morgan fingerprint density at radius 1 is 1.36 bits per heavy atom. The number of carbonyl (C=O) groups is 1. The lowest BCUT2D eigenvalue weighted by Crippen LogP contribution is -2.22. The van der Waals surface area contributed by atoms with Gasteiger partial charge in [0.1, 0.15) is 5.82 Å². The number of nitrogens with zero attached hydrogens (tertiary/aromatic N) is 2. The highest BCUT2D eigenvalue weighted by Gasteiger charge is 2.04. The first-order chi connectivity index (χ1) is 6.69. The lowest BCUT2D eigenvalue weighted by Gasteiger charge is -2.19. The summed E-state index contributed by atoms with van der Waals surface area (Å²) in [6.45, 7) is 7.59. The second-order valence-electron chi connectivity index (χ2n) is 3.13. The number of ketones is 1. The van der Waals surface area contributed by atoms with Crippen molar-refractivity contribution in [3.05, 3.63) is 23.9 Å². The number of rotatable bonds is 4. The molecule has 0 saturated carbocycles. The molecule has 1 rings (SSSR count). The highest BCUT2D eigenvalue weighted by atomic mass is 16.1. The third kappa shape index (κ3) is 2.31. The van der Waals surface area contributed by atoms with Crippen LogP contribution < -0.4 is 4.90 Å². The second-order valence-corrected chi connectivity index (χ2v) is 3.13. The number of Topliss-reactive ketones (excluding diaryl/α,β-unsaturated/α-hetero) is 1. The summed E-state index contributed by atoms with van der Waals surface area (Å²) < 4.78 is 0. The van der Waals surface area contributed by atoms with Gasteiger partial charge in [-0.05, 0) is 32.9 Å². The average molecular weight is 192 g/mol. The number of hydrogen-bond acceptors (Lipinski definition) is 3. The van der Waals surface area contributed by atoms with Crippen molar-refractivity contribution < 1.29 is 4.79 Å². The molecule has 14 heavy (non-hydrogen) atoms. The van der Waals surface area contributed by atoms with E-state index in [1.807, 2.05) is 12.1 Å². The minimum absolute atomic E-state index is 0.0589. The van der Waals surface area contributed by atoms with Crippen LogP contribution in [-0.2, 0) is 0 Å². The zero-order valence-electron chi connectivity index (χ0n) is 8.95. The molecule has 1 heterocycles. The highest BCUT2D eigenvalue weighted by Crippen LogP contribution is 2.10. The number of aromatic nitrogens is 1. The SMILES string of the molecule is CCN(CC)c1ccc(C(C)=O)cn1. The van der Waals surface area contributed by atoms with Gasteiger partial charge in [0.25, 0.3) is 0 Å². The van der Waals surface area contributed by atoms with E-state index in [0.717, 1.165) is 18.9 Å². The van der Waals surface area contributed by atoms with E-state index < -0.39 is 0 Å². The smallest absolute Gasteiger partial charge is 0.161 e. The van der Waals surface area contributed by atoms with Crippen LogP contribution in [0, 0.1) is 0 Å². The van der Waals surface area contributed by atoms with Crippen molar-refractivity contribution in [3.8, 4) is 0 Å². The number of hydrogen-bond donors (Lipinski definition) is 0. The maximum Gasteiger partial charge on any atom is 0.161 e. The molecule has 0 saturated heterocycles. The van der Waals surface area contributed by atoms with Crippen LogP contribution in [0.25, 0.3) is 0 Å². The topological polar surface area (TPSA) is 33.2 Å².